The van der Waals surface area contributed by atoms with E-state index in [-0.39, 0.29) is 12.1 Å². The highest BCUT2D eigenvalue weighted by Crippen LogP contribution is 2.22. The normalized spacial score (nSPS) is 22.7. The van der Waals surface area contributed by atoms with Gasteiger partial charge in [0.05, 0.1) is 18.8 Å². The third-order valence-electron chi connectivity index (χ3n) is 3.70. The summed E-state index contributed by atoms with van der Waals surface area (Å²) < 4.78 is 5.88. The molecule has 0 saturated carbocycles. The molecule has 2 unspecified atom stereocenters. The van der Waals surface area contributed by atoms with E-state index in [1.54, 1.807) is 0 Å². The zero-order chi connectivity index (χ0) is 13.8. The van der Waals surface area contributed by atoms with E-state index in [4.69, 9.17) is 10.6 Å². The number of hydrogen-bond donors (Lipinski definition) is 2. The predicted molar refractivity (Wildman–Crippen MR) is 75.5 cm³/mol. The number of hydrazine groups is 1. The van der Waals surface area contributed by atoms with Crippen LogP contribution in [0.3, 0.4) is 0 Å². The summed E-state index contributed by atoms with van der Waals surface area (Å²) >= 11 is 0. The molecule has 1 fully saturated rings. The van der Waals surface area contributed by atoms with Gasteiger partial charge in [0.1, 0.15) is 0 Å². The maximum Gasteiger partial charge on any atom is 0.0910 e. The molecule has 1 saturated heterocycles. The average Bonchev–Trinajstić information content (AvgIpc) is 2.42. The van der Waals surface area contributed by atoms with Crippen molar-refractivity contribution in [2.45, 2.75) is 39.0 Å². The van der Waals surface area contributed by atoms with Gasteiger partial charge in [0, 0.05) is 31.0 Å². The first-order valence-corrected chi connectivity index (χ1v) is 6.86. The summed E-state index contributed by atoms with van der Waals surface area (Å²) in [4.78, 5) is 6.75. The van der Waals surface area contributed by atoms with Crippen molar-refractivity contribution in [3.8, 4) is 0 Å². The Hall–Kier alpha value is -1.01. The van der Waals surface area contributed by atoms with Gasteiger partial charge in [0.25, 0.3) is 0 Å². The van der Waals surface area contributed by atoms with Crippen molar-refractivity contribution >= 4 is 0 Å². The minimum absolute atomic E-state index is 0.0188. The fraction of sp³-hybridized carbons (Fsp3) is 0.643. The van der Waals surface area contributed by atoms with Gasteiger partial charge in [-0.3, -0.25) is 21.2 Å². The average molecular weight is 264 g/mol. The number of ether oxygens (including phenoxy) is 1. The summed E-state index contributed by atoms with van der Waals surface area (Å²) in [5, 5.41) is 0. The number of morpholine rings is 1. The van der Waals surface area contributed by atoms with Crippen LogP contribution in [-0.4, -0.2) is 41.7 Å². The van der Waals surface area contributed by atoms with E-state index in [0.29, 0.717) is 6.04 Å². The van der Waals surface area contributed by atoms with Crippen LogP contribution >= 0.6 is 0 Å². The van der Waals surface area contributed by atoms with E-state index in [9.17, 15) is 0 Å². The number of aryl methyl sites for hydroxylation is 1. The van der Waals surface area contributed by atoms with Crippen molar-refractivity contribution < 1.29 is 4.74 Å². The Bertz CT molecular complexity index is 393. The summed E-state index contributed by atoms with van der Waals surface area (Å²) in [6, 6.07) is 4.57. The molecule has 0 radical (unpaired) electrons. The Morgan fingerprint density at radius 1 is 1.47 bits per heavy atom. The summed E-state index contributed by atoms with van der Waals surface area (Å²) in [6.07, 6.45) is 1.93. The molecule has 3 N–H and O–H groups in total. The lowest BCUT2D eigenvalue weighted by molar-refractivity contribution is -0.0561. The molecule has 0 spiro atoms. The fourth-order valence-corrected chi connectivity index (χ4v) is 2.45. The first-order valence-electron chi connectivity index (χ1n) is 6.86. The van der Waals surface area contributed by atoms with Crippen LogP contribution in [-0.2, 0) is 4.74 Å². The number of rotatable bonds is 4. The highest BCUT2D eigenvalue weighted by Gasteiger charge is 2.29. The van der Waals surface area contributed by atoms with E-state index in [1.165, 1.54) is 0 Å². The quantitative estimate of drug-likeness (QED) is 0.627. The summed E-state index contributed by atoms with van der Waals surface area (Å²) in [6.45, 7) is 9.02. The Morgan fingerprint density at radius 2 is 2.26 bits per heavy atom. The number of hydrogen-bond acceptors (Lipinski definition) is 5. The molecule has 0 bridgehead atoms. The van der Waals surface area contributed by atoms with Gasteiger partial charge in [-0.15, -0.1) is 0 Å². The minimum Gasteiger partial charge on any atom is -0.374 e. The van der Waals surface area contributed by atoms with Gasteiger partial charge in [0.2, 0.25) is 0 Å². The van der Waals surface area contributed by atoms with Crippen LogP contribution in [0.25, 0.3) is 0 Å². The third kappa shape index (κ3) is 3.51. The molecular weight excluding hydrogens is 240 g/mol. The van der Waals surface area contributed by atoms with Crippen LogP contribution in [0, 0.1) is 6.92 Å². The molecule has 0 aromatic carbocycles. The number of nitrogens with two attached hydrogens (primary N) is 1. The third-order valence-corrected chi connectivity index (χ3v) is 3.70. The second kappa shape index (κ2) is 6.43. The largest absolute Gasteiger partial charge is 0.374 e. The molecule has 2 heterocycles. The van der Waals surface area contributed by atoms with E-state index < -0.39 is 0 Å². The molecule has 1 aromatic heterocycles. The van der Waals surface area contributed by atoms with Gasteiger partial charge in [-0.2, -0.15) is 0 Å². The standard InChI is InChI=1S/C14H24N4O/c1-10(2)18-6-7-19-13(9-18)14(17-15)12-5-4-11(3)16-8-12/h4-5,8,10,13-14,17H,6-7,9,15H2,1-3H3. The maximum absolute atomic E-state index is 5.88. The highest BCUT2D eigenvalue weighted by atomic mass is 16.5. The molecule has 1 aliphatic rings. The molecule has 106 valence electrons. The first kappa shape index (κ1) is 14.4. The van der Waals surface area contributed by atoms with Crippen LogP contribution < -0.4 is 11.3 Å². The summed E-state index contributed by atoms with van der Waals surface area (Å²) in [7, 11) is 0. The molecule has 5 nitrogen and oxygen atoms in total. The minimum atomic E-state index is -0.0188. The van der Waals surface area contributed by atoms with Crippen LogP contribution in [0.4, 0.5) is 0 Å². The smallest absolute Gasteiger partial charge is 0.0910 e. The van der Waals surface area contributed by atoms with Crippen LogP contribution in [0.1, 0.15) is 31.1 Å². The second-order valence-electron chi connectivity index (χ2n) is 5.38. The highest BCUT2D eigenvalue weighted by molar-refractivity contribution is 5.18. The van der Waals surface area contributed by atoms with Crippen molar-refractivity contribution in [3.63, 3.8) is 0 Å². The molecule has 19 heavy (non-hydrogen) atoms. The number of nitrogens with zero attached hydrogens (tertiary/aromatic N) is 2. The van der Waals surface area contributed by atoms with Crippen molar-refractivity contribution in [1.82, 2.24) is 15.3 Å². The Balaban J connectivity index is 2.10. The molecule has 0 aliphatic carbocycles. The lowest BCUT2D eigenvalue weighted by Crippen LogP contribution is -2.51. The Kier molecular flexibility index (Phi) is 4.87. The molecule has 2 atom stereocenters. The number of aromatic nitrogens is 1. The predicted octanol–water partition coefficient (Wildman–Crippen LogP) is 1.00. The maximum atomic E-state index is 5.88. The van der Waals surface area contributed by atoms with Crippen molar-refractivity contribution in [3.05, 3.63) is 29.6 Å². The zero-order valence-corrected chi connectivity index (χ0v) is 12.0. The van der Waals surface area contributed by atoms with Crippen molar-refractivity contribution in [2.24, 2.45) is 5.84 Å². The molecular formula is C14H24N4O. The Labute approximate surface area is 115 Å². The topological polar surface area (TPSA) is 63.4 Å². The molecule has 1 aromatic rings. The van der Waals surface area contributed by atoms with E-state index in [2.05, 4.69) is 35.2 Å². The van der Waals surface area contributed by atoms with Crippen molar-refractivity contribution in [1.29, 1.82) is 0 Å². The molecule has 2 rings (SSSR count). The van der Waals surface area contributed by atoms with Gasteiger partial charge >= 0.3 is 0 Å². The first-order chi connectivity index (χ1) is 9.11. The van der Waals surface area contributed by atoms with E-state index in [0.717, 1.165) is 31.0 Å². The van der Waals surface area contributed by atoms with E-state index >= 15 is 0 Å². The second-order valence-corrected chi connectivity index (χ2v) is 5.38. The van der Waals surface area contributed by atoms with Gasteiger partial charge < -0.3 is 4.74 Å². The SMILES string of the molecule is Cc1ccc(C(NN)C2CN(C(C)C)CCO2)cn1. The lowest BCUT2D eigenvalue weighted by Gasteiger charge is -2.38. The fourth-order valence-electron chi connectivity index (χ4n) is 2.45. The van der Waals surface area contributed by atoms with E-state index in [1.807, 2.05) is 19.2 Å². The van der Waals surface area contributed by atoms with Crippen LogP contribution in [0.15, 0.2) is 18.3 Å². The van der Waals surface area contributed by atoms with Crippen LogP contribution in [0.2, 0.25) is 0 Å². The molecule has 1 aliphatic heterocycles. The van der Waals surface area contributed by atoms with Crippen molar-refractivity contribution in [2.75, 3.05) is 19.7 Å². The summed E-state index contributed by atoms with van der Waals surface area (Å²) in [5.74, 6) is 5.72. The molecule has 5 heteroatoms. The number of pyridine rings is 1. The van der Waals surface area contributed by atoms with Gasteiger partial charge in [-0.1, -0.05) is 6.07 Å². The van der Waals surface area contributed by atoms with Gasteiger partial charge in [-0.05, 0) is 32.4 Å². The Morgan fingerprint density at radius 3 is 2.84 bits per heavy atom. The van der Waals surface area contributed by atoms with Crippen LogP contribution in [0.5, 0.6) is 0 Å². The lowest BCUT2D eigenvalue weighted by atomic mass is 10.0. The summed E-state index contributed by atoms with van der Waals surface area (Å²) in [5.41, 5.74) is 4.96. The monoisotopic (exact) mass is 264 g/mol. The molecule has 0 amide bonds. The number of nitrogens with one attached hydrogen (secondary N) is 1. The van der Waals surface area contributed by atoms with Gasteiger partial charge in [-0.25, -0.2) is 0 Å². The van der Waals surface area contributed by atoms with Gasteiger partial charge in [0.15, 0.2) is 0 Å². The zero-order valence-electron chi connectivity index (χ0n) is 12.0.